The van der Waals surface area contributed by atoms with E-state index in [9.17, 15) is 9.90 Å². The average Bonchev–Trinajstić information content (AvgIpc) is 2.63. The minimum Gasteiger partial charge on any atom is -0.508 e. The van der Waals surface area contributed by atoms with Gasteiger partial charge in [0.05, 0.1) is 6.54 Å². The minimum atomic E-state index is -0.796. The zero-order valence-corrected chi connectivity index (χ0v) is 11.5. The fraction of sp³-hybridized carbons (Fsp3) is 0.500. The number of nitrogens with zero attached hydrogens (tertiary/aromatic N) is 1. The van der Waals surface area contributed by atoms with Gasteiger partial charge in [-0.15, -0.1) is 0 Å². The summed E-state index contributed by atoms with van der Waals surface area (Å²) in [7, 11) is 0. The van der Waals surface area contributed by atoms with Crippen LogP contribution >= 0.6 is 0 Å². The topological polar surface area (TPSA) is 68.2 Å². The third-order valence-electron chi connectivity index (χ3n) is 3.53. The highest BCUT2D eigenvalue weighted by Crippen LogP contribution is 2.37. The Kier molecular flexibility index (Phi) is 2.88. The number of fused-ring (bicyclic) bond motifs is 1. The molecule has 2 aliphatic rings. The average molecular weight is 279 g/mol. The quantitative estimate of drug-likeness (QED) is 0.848. The highest BCUT2D eigenvalue weighted by molar-refractivity contribution is 5.71. The maximum absolute atomic E-state index is 11.9. The zero-order chi connectivity index (χ0) is 14.3. The molecule has 108 valence electrons. The molecule has 2 aliphatic heterocycles. The van der Waals surface area contributed by atoms with Crippen LogP contribution in [0.4, 0.5) is 4.79 Å². The Hall–Kier alpha value is -2.11. The molecular weight excluding hydrogens is 262 g/mol. The summed E-state index contributed by atoms with van der Waals surface area (Å²) in [4.78, 5) is 13.5. The standard InChI is InChI=1S/C14H17NO5/c1-9(2)15-6-14(20-13(15)17)7-18-11-4-3-10(16)5-12(11)19-8-14/h3-5,9,16H,6-8H2,1-2H3. The lowest BCUT2D eigenvalue weighted by atomic mass is 10.1. The number of carbonyl (C=O) groups is 1. The summed E-state index contributed by atoms with van der Waals surface area (Å²) >= 11 is 0. The van der Waals surface area contributed by atoms with E-state index in [2.05, 4.69) is 0 Å². The molecule has 1 unspecified atom stereocenters. The van der Waals surface area contributed by atoms with E-state index in [0.717, 1.165) is 0 Å². The van der Waals surface area contributed by atoms with E-state index in [1.165, 1.54) is 12.1 Å². The number of aromatic hydroxyl groups is 1. The van der Waals surface area contributed by atoms with Gasteiger partial charge in [0.1, 0.15) is 19.0 Å². The molecule has 6 heteroatoms. The molecule has 3 rings (SSSR count). The van der Waals surface area contributed by atoms with Gasteiger partial charge in [-0.3, -0.25) is 0 Å². The van der Waals surface area contributed by atoms with E-state index in [0.29, 0.717) is 18.0 Å². The predicted molar refractivity (Wildman–Crippen MR) is 70.2 cm³/mol. The van der Waals surface area contributed by atoms with Crippen molar-refractivity contribution in [1.29, 1.82) is 0 Å². The van der Waals surface area contributed by atoms with E-state index in [-0.39, 0.29) is 31.1 Å². The Morgan fingerprint density at radius 2 is 1.95 bits per heavy atom. The van der Waals surface area contributed by atoms with Crippen LogP contribution in [0.25, 0.3) is 0 Å². The van der Waals surface area contributed by atoms with E-state index >= 15 is 0 Å². The Labute approximate surface area is 116 Å². The number of carbonyl (C=O) groups excluding carboxylic acids is 1. The van der Waals surface area contributed by atoms with Gasteiger partial charge in [-0.05, 0) is 26.0 Å². The highest BCUT2D eigenvalue weighted by atomic mass is 16.6. The van der Waals surface area contributed by atoms with Gasteiger partial charge in [0.15, 0.2) is 17.1 Å². The first-order chi connectivity index (χ1) is 9.49. The Balaban J connectivity index is 1.81. The number of hydrogen-bond acceptors (Lipinski definition) is 5. The molecule has 2 heterocycles. The largest absolute Gasteiger partial charge is 0.508 e. The van der Waals surface area contributed by atoms with Gasteiger partial charge in [-0.25, -0.2) is 4.79 Å². The lowest BCUT2D eigenvalue weighted by molar-refractivity contribution is -0.00559. The molecule has 1 aromatic carbocycles. The molecule has 6 nitrogen and oxygen atoms in total. The number of amides is 1. The first-order valence-electron chi connectivity index (χ1n) is 6.57. The molecule has 0 saturated carbocycles. The van der Waals surface area contributed by atoms with Crippen LogP contribution in [0, 0.1) is 0 Å². The zero-order valence-electron chi connectivity index (χ0n) is 11.5. The monoisotopic (exact) mass is 279 g/mol. The van der Waals surface area contributed by atoms with Crippen molar-refractivity contribution < 1.29 is 24.1 Å². The number of phenolic OH excluding ortho intramolecular Hbond substituents is 1. The summed E-state index contributed by atoms with van der Waals surface area (Å²) in [5.41, 5.74) is -0.796. The first-order valence-corrected chi connectivity index (χ1v) is 6.57. The van der Waals surface area contributed by atoms with Crippen molar-refractivity contribution in [3.63, 3.8) is 0 Å². The van der Waals surface area contributed by atoms with E-state index < -0.39 is 5.60 Å². The van der Waals surface area contributed by atoms with Crippen molar-refractivity contribution in [1.82, 2.24) is 4.90 Å². The lowest BCUT2D eigenvalue weighted by Crippen LogP contribution is -2.45. The van der Waals surface area contributed by atoms with Crippen LogP contribution in [0.15, 0.2) is 18.2 Å². The van der Waals surface area contributed by atoms with E-state index in [1.807, 2.05) is 13.8 Å². The van der Waals surface area contributed by atoms with Crippen LogP contribution < -0.4 is 9.47 Å². The summed E-state index contributed by atoms with van der Waals surface area (Å²) in [6.45, 7) is 4.75. The maximum atomic E-state index is 11.9. The van der Waals surface area contributed by atoms with Crippen LogP contribution in [0.3, 0.4) is 0 Å². The van der Waals surface area contributed by atoms with Crippen LogP contribution in [0.1, 0.15) is 13.8 Å². The van der Waals surface area contributed by atoms with Crippen molar-refractivity contribution >= 4 is 6.09 Å². The lowest BCUT2D eigenvalue weighted by Gasteiger charge is -2.24. The smallest absolute Gasteiger partial charge is 0.411 e. The molecule has 1 fully saturated rings. The summed E-state index contributed by atoms with van der Waals surface area (Å²) in [6, 6.07) is 4.73. The van der Waals surface area contributed by atoms with Gasteiger partial charge in [-0.2, -0.15) is 0 Å². The summed E-state index contributed by atoms with van der Waals surface area (Å²) < 4.78 is 16.8. The summed E-state index contributed by atoms with van der Waals surface area (Å²) in [5.74, 6) is 1.11. The van der Waals surface area contributed by atoms with Gasteiger partial charge in [0, 0.05) is 12.1 Å². The van der Waals surface area contributed by atoms with Gasteiger partial charge in [-0.1, -0.05) is 0 Å². The molecule has 1 atom stereocenters. The van der Waals surface area contributed by atoms with Gasteiger partial charge in [0.25, 0.3) is 0 Å². The molecular formula is C14H17NO5. The molecule has 1 aromatic rings. The Bertz CT molecular complexity index is 544. The van der Waals surface area contributed by atoms with E-state index in [4.69, 9.17) is 14.2 Å². The Morgan fingerprint density at radius 1 is 1.25 bits per heavy atom. The molecule has 0 radical (unpaired) electrons. The number of benzene rings is 1. The van der Waals surface area contributed by atoms with Crippen LogP contribution in [0.2, 0.25) is 0 Å². The number of phenols is 1. The molecule has 1 amide bonds. The predicted octanol–water partition coefficient (Wildman–Crippen LogP) is 1.76. The number of ether oxygens (including phenoxy) is 3. The van der Waals surface area contributed by atoms with E-state index in [1.54, 1.807) is 11.0 Å². The third-order valence-corrected chi connectivity index (χ3v) is 3.53. The second-order valence-corrected chi connectivity index (χ2v) is 5.48. The molecule has 0 aromatic heterocycles. The van der Waals surface area contributed by atoms with Crippen molar-refractivity contribution in [3.8, 4) is 17.2 Å². The summed E-state index contributed by atoms with van der Waals surface area (Å²) in [6.07, 6.45) is -0.346. The van der Waals surface area contributed by atoms with Crippen molar-refractivity contribution in [2.75, 3.05) is 19.8 Å². The Morgan fingerprint density at radius 3 is 2.60 bits per heavy atom. The van der Waals surface area contributed by atoms with Gasteiger partial charge in [0.2, 0.25) is 0 Å². The molecule has 0 bridgehead atoms. The normalized spacial score (nSPS) is 24.9. The van der Waals surface area contributed by atoms with Crippen LogP contribution in [-0.4, -0.2) is 47.5 Å². The van der Waals surface area contributed by atoms with Gasteiger partial charge >= 0.3 is 6.09 Å². The van der Waals surface area contributed by atoms with Crippen LogP contribution in [-0.2, 0) is 4.74 Å². The molecule has 1 N–H and O–H groups in total. The fourth-order valence-electron chi connectivity index (χ4n) is 2.38. The molecule has 0 aliphatic carbocycles. The second-order valence-electron chi connectivity index (χ2n) is 5.48. The maximum Gasteiger partial charge on any atom is 0.411 e. The van der Waals surface area contributed by atoms with Crippen molar-refractivity contribution in [3.05, 3.63) is 18.2 Å². The van der Waals surface area contributed by atoms with Gasteiger partial charge < -0.3 is 24.2 Å². The van der Waals surface area contributed by atoms with Crippen LogP contribution in [0.5, 0.6) is 17.2 Å². The number of hydrogen-bond donors (Lipinski definition) is 1. The fourth-order valence-corrected chi connectivity index (χ4v) is 2.38. The number of rotatable bonds is 1. The van der Waals surface area contributed by atoms with Crippen molar-refractivity contribution in [2.24, 2.45) is 0 Å². The third kappa shape index (κ3) is 2.11. The summed E-state index contributed by atoms with van der Waals surface area (Å²) in [5, 5.41) is 9.46. The first kappa shape index (κ1) is 12.9. The second kappa shape index (κ2) is 4.47. The SMILES string of the molecule is CC(C)N1CC2(COc3ccc(O)cc3OC2)OC1=O. The minimum absolute atomic E-state index is 0.0662. The molecule has 1 saturated heterocycles. The molecule has 20 heavy (non-hydrogen) atoms. The van der Waals surface area contributed by atoms with Crippen molar-refractivity contribution in [2.45, 2.75) is 25.5 Å². The highest BCUT2D eigenvalue weighted by Gasteiger charge is 2.49. The molecule has 1 spiro atoms.